The number of nitrogen functional groups attached to an aromatic ring is 1. The summed E-state index contributed by atoms with van der Waals surface area (Å²) in [5, 5.41) is 4.61. The molecule has 1 rings (SSSR count). The van der Waals surface area contributed by atoms with E-state index in [1.54, 1.807) is 10.9 Å². The molecule has 0 bridgehead atoms. The van der Waals surface area contributed by atoms with Gasteiger partial charge in [-0.2, -0.15) is 5.10 Å². The summed E-state index contributed by atoms with van der Waals surface area (Å²) in [5.41, 5.74) is 6.00. The fraction of sp³-hybridized carbons (Fsp3) is 0.667. The molecule has 0 saturated carbocycles. The third-order valence-corrected chi connectivity index (χ3v) is 2.20. The highest BCUT2D eigenvalue weighted by Crippen LogP contribution is 2.22. The molecule has 0 unspecified atom stereocenters. The lowest BCUT2D eigenvalue weighted by molar-refractivity contribution is 0.342. The number of halogens is 1. The molecule has 3 nitrogen and oxygen atoms in total. The van der Waals surface area contributed by atoms with Crippen LogP contribution in [0.25, 0.3) is 0 Å². The van der Waals surface area contributed by atoms with E-state index in [-0.39, 0.29) is 0 Å². The Balaban J connectivity index is 2.60. The number of anilines is 1. The number of nitrogens with zero attached hydrogens (tertiary/aromatic N) is 2. The largest absolute Gasteiger partial charge is 0.383 e. The summed E-state index contributed by atoms with van der Waals surface area (Å²) in [6.45, 7) is 7.39. The molecule has 0 aliphatic heterocycles. The normalized spacial score (nSPS) is 12.0. The Labute approximate surface area is 83.9 Å². The predicted molar refractivity (Wildman–Crippen MR) is 55.7 cm³/mol. The minimum atomic E-state index is 0.296. The van der Waals surface area contributed by atoms with Crippen molar-refractivity contribution >= 4 is 17.4 Å². The number of nitrogens with two attached hydrogens (primary N) is 1. The topological polar surface area (TPSA) is 43.8 Å². The molecule has 74 valence electrons. The maximum atomic E-state index is 5.77. The van der Waals surface area contributed by atoms with E-state index in [4.69, 9.17) is 17.3 Å². The van der Waals surface area contributed by atoms with Crippen molar-refractivity contribution in [1.29, 1.82) is 0 Å². The third kappa shape index (κ3) is 2.92. The molecule has 0 amide bonds. The van der Waals surface area contributed by atoms with Crippen LogP contribution in [0, 0.1) is 5.41 Å². The first-order valence-corrected chi connectivity index (χ1v) is 4.75. The summed E-state index contributed by atoms with van der Waals surface area (Å²) in [4.78, 5) is 0. The smallest absolute Gasteiger partial charge is 0.140 e. The van der Waals surface area contributed by atoms with Crippen LogP contribution in [0.3, 0.4) is 0 Å². The second kappa shape index (κ2) is 3.58. The van der Waals surface area contributed by atoms with Gasteiger partial charge >= 0.3 is 0 Å². The number of rotatable bonds is 2. The number of aromatic nitrogens is 2. The van der Waals surface area contributed by atoms with Crippen LogP contribution in [0.15, 0.2) is 6.20 Å². The SMILES string of the molecule is CC(C)(C)CCn1ncc(Cl)c1N. The first-order chi connectivity index (χ1) is 5.90. The lowest BCUT2D eigenvalue weighted by Crippen LogP contribution is -2.12. The van der Waals surface area contributed by atoms with Gasteiger partial charge in [-0.1, -0.05) is 32.4 Å². The van der Waals surface area contributed by atoms with Gasteiger partial charge in [0.2, 0.25) is 0 Å². The number of aryl methyl sites for hydroxylation is 1. The molecule has 4 heteroatoms. The van der Waals surface area contributed by atoms with Crippen molar-refractivity contribution in [2.75, 3.05) is 5.73 Å². The Hall–Kier alpha value is -0.700. The highest BCUT2D eigenvalue weighted by Gasteiger charge is 2.12. The van der Waals surface area contributed by atoms with Crippen LogP contribution < -0.4 is 5.73 Å². The molecular formula is C9H16ClN3. The van der Waals surface area contributed by atoms with Gasteiger partial charge in [-0.05, 0) is 11.8 Å². The van der Waals surface area contributed by atoms with E-state index in [2.05, 4.69) is 25.9 Å². The molecule has 13 heavy (non-hydrogen) atoms. The van der Waals surface area contributed by atoms with Gasteiger partial charge in [0.1, 0.15) is 10.8 Å². The summed E-state index contributed by atoms with van der Waals surface area (Å²) >= 11 is 5.77. The molecule has 0 aliphatic carbocycles. The first-order valence-electron chi connectivity index (χ1n) is 4.37. The van der Waals surface area contributed by atoms with Crippen molar-refractivity contribution in [2.45, 2.75) is 33.7 Å². The number of hydrogen-bond donors (Lipinski definition) is 1. The molecular weight excluding hydrogens is 186 g/mol. The van der Waals surface area contributed by atoms with E-state index in [0.29, 0.717) is 16.3 Å². The van der Waals surface area contributed by atoms with E-state index in [0.717, 1.165) is 13.0 Å². The summed E-state index contributed by atoms with van der Waals surface area (Å²) in [6, 6.07) is 0. The molecule has 0 saturated heterocycles. The molecule has 0 spiro atoms. The lowest BCUT2D eigenvalue weighted by atomic mass is 9.92. The zero-order chi connectivity index (χ0) is 10.1. The van der Waals surface area contributed by atoms with Crippen molar-refractivity contribution in [3.63, 3.8) is 0 Å². The minimum absolute atomic E-state index is 0.296. The van der Waals surface area contributed by atoms with E-state index in [1.807, 2.05) is 0 Å². The monoisotopic (exact) mass is 201 g/mol. The molecule has 1 heterocycles. The zero-order valence-electron chi connectivity index (χ0n) is 8.34. The van der Waals surface area contributed by atoms with Gasteiger partial charge in [0.15, 0.2) is 0 Å². The van der Waals surface area contributed by atoms with Crippen LogP contribution in [0.1, 0.15) is 27.2 Å². The van der Waals surface area contributed by atoms with E-state index >= 15 is 0 Å². The van der Waals surface area contributed by atoms with Crippen molar-refractivity contribution in [2.24, 2.45) is 5.41 Å². The zero-order valence-corrected chi connectivity index (χ0v) is 9.10. The van der Waals surface area contributed by atoms with Crippen molar-refractivity contribution < 1.29 is 0 Å². The van der Waals surface area contributed by atoms with Crippen LogP contribution in [0.2, 0.25) is 5.02 Å². The van der Waals surface area contributed by atoms with Gasteiger partial charge in [0.25, 0.3) is 0 Å². The Morgan fingerprint density at radius 2 is 2.15 bits per heavy atom. The Kier molecular flexibility index (Phi) is 2.86. The van der Waals surface area contributed by atoms with Crippen LogP contribution in [0.5, 0.6) is 0 Å². The van der Waals surface area contributed by atoms with Crippen LogP contribution in [-0.4, -0.2) is 9.78 Å². The van der Waals surface area contributed by atoms with Crippen molar-refractivity contribution in [3.05, 3.63) is 11.2 Å². The minimum Gasteiger partial charge on any atom is -0.383 e. The Morgan fingerprint density at radius 3 is 2.54 bits per heavy atom. The fourth-order valence-electron chi connectivity index (χ4n) is 0.992. The second-order valence-electron chi connectivity index (χ2n) is 4.41. The Bertz CT molecular complexity index is 286. The molecule has 0 radical (unpaired) electrons. The standard InChI is InChI=1S/C9H16ClN3/c1-9(2,3)4-5-13-8(11)7(10)6-12-13/h6H,4-5,11H2,1-3H3. The van der Waals surface area contributed by atoms with Crippen LogP contribution in [-0.2, 0) is 6.54 Å². The molecule has 0 atom stereocenters. The highest BCUT2D eigenvalue weighted by atomic mass is 35.5. The van der Waals surface area contributed by atoms with Crippen LogP contribution in [0.4, 0.5) is 5.82 Å². The van der Waals surface area contributed by atoms with E-state index in [9.17, 15) is 0 Å². The van der Waals surface area contributed by atoms with Gasteiger partial charge in [-0.3, -0.25) is 0 Å². The summed E-state index contributed by atoms with van der Waals surface area (Å²) in [5.74, 6) is 0.561. The fourth-order valence-corrected chi connectivity index (χ4v) is 1.13. The highest BCUT2D eigenvalue weighted by molar-refractivity contribution is 6.32. The number of hydrogen-bond acceptors (Lipinski definition) is 2. The quantitative estimate of drug-likeness (QED) is 0.799. The average Bonchev–Trinajstić information content (AvgIpc) is 2.29. The van der Waals surface area contributed by atoms with E-state index < -0.39 is 0 Å². The average molecular weight is 202 g/mol. The molecule has 1 aromatic rings. The van der Waals surface area contributed by atoms with Crippen molar-refractivity contribution in [1.82, 2.24) is 9.78 Å². The maximum Gasteiger partial charge on any atom is 0.140 e. The Morgan fingerprint density at radius 1 is 1.54 bits per heavy atom. The van der Waals surface area contributed by atoms with Gasteiger partial charge in [-0.25, -0.2) is 4.68 Å². The van der Waals surface area contributed by atoms with Gasteiger partial charge in [0.05, 0.1) is 6.20 Å². The third-order valence-electron chi connectivity index (χ3n) is 1.91. The first kappa shape index (κ1) is 10.4. The maximum absolute atomic E-state index is 5.77. The lowest BCUT2D eigenvalue weighted by Gasteiger charge is -2.17. The van der Waals surface area contributed by atoms with Crippen LogP contribution >= 0.6 is 11.6 Å². The summed E-state index contributed by atoms with van der Waals surface area (Å²) < 4.78 is 1.74. The van der Waals surface area contributed by atoms with Gasteiger partial charge in [0, 0.05) is 6.54 Å². The van der Waals surface area contributed by atoms with E-state index in [1.165, 1.54) is 0 Å². The molecule has 2 N–H and O–H groups in total. The second-order valence-corrected chi connectivity index (χ2v) is 4.82. The van der Waals surface area contributed by atoms with Crippen molar-refractivity contribution in [3.8, 4) is 0 Å². The molecule has 0 aromatic carbocycles. The van der Waals surface area contributed by atoms with Gasteiger partial charge < -0.3 is 5.73 Å². The molecule has 1 aromatic heterocycles. The predicted octanol–water partition coefficient (Wildman–Crippen LogP) is 2.55. The molecule has 0 fully saturated rings. The van der Waals surface area contributed by atoms with Gasteiger partial charge in [-0.15, -0.1) is 0 Å². The summed E-state index contributed by atoms with van der Waals surface area (Å²) in [6.07, 6.45) is 2.62. The summed E-state index contributed by atoms with van der Waals surface area (Å²) in [7, 11) is 0. The molecule has 0 aliphatic rings.